The molecule has 158 valence electrons. The van der Waals surface area contributed by atoms with Crippen molar-refractivity contribution in [2.24, 2.45) is 4.99 Å². The second kappa shape index (κ2) is 11.2. The predicted molar refractivity (Wildman–Crippen MR) is 117 cm³/mol. The number of methoxy groups -OCH3 is 3. The number of nitrogens with one attached hydrogen (secondary N) is 2. The number of likely N-dealkylation sites (N-methyl/N-ethyl adjacent to an activating group) is 1. The first-order chi connectivity index (χ1) is 14.0. The predicted octanol–water partition coefficient (Wildman–Crippen LogP) is 2.68. The highest BCUT2D eigenvalue weighted by molar-refractivity contribution is 5.79. The lowest BCUT2D eigenvalue weighted by atomic mass is 10.1. The molecule has 7 heteroatoms. The monoisotopic (exact) mass is 400 g/mol. The van der Waals surface area contributed by atoms with E-state index in [4.69, 9.17) is 14.2 Å². The van der Waals surface area contributed by atoms with Gasteiger partial charge in [-0.1, -0.05) is 18.2 Å². The van der Waals surface area contributed by atoms with E-state index >= 15 is 0 Å². The minimum Gasteiger partial charge on any atom is -0.497 e. The van der Waals surface area contributed by atoms with Crippen molar-refractivity contribution in [2.75, 3.05) is 49.0 Å². The highest BCUT2D eigenvalue weighted by atomic mass is 16.5. The average molecular weight is 401 g/mol. The maximum Gasteiger partial charge on any atom is 0.191 e. The Bertz CT molecular complexity index is 791. The number of guanidine groups is 1. The van der Waals surface area contributed by atoms with Crippen molar-refractivity contribution >= 4 is 5.96 Å². The molecular formula is C22H32N4O3. The van der Waals surface area contributed by atoms with Crippen molar-refractivity contribution in [3.05, 3.63) is 53.6 Å². The quantitative estimate of drug-likeness (QED) is 0.498. The second-order valence-corrected chi connectivity index (χ2v) is 6.75. The Kier molecular flexibility index (Phi) is 8.61. The lowest BCUT2D eigenvalue weighted by molar-refractivity contribution is 0.298. The van der Waals surface area contributed by atoms with Gasteiger partial charge in [0.15, 0.2) is 17.5 Å². The van der Waals surface area contributed by atoms with E-state index < -0.39 is 0 Å². The second-order valence-electron chi connectivity index (χ2n) is 6.75. The van der Waals surface area contributed by atoms with Gasteiger partial charge in [-0.05, 0) is 49.5 Å². The van der Waals surface area contributed by atoms with Gasteiger partial charge >= 0.3 is 0 Å². The van der Waals surface area contributed by atoms with E-state index in [9.17, 15) is 0 Å². The van der Waals surface area contributed by atoms with Crippen molar-refractivity contribution in [3.8, 4) is 17.2 Å². The first-order valence-corrected chi connectivity index (χ1v) is 9.48. The number of hydrogen-bond donors (Lipinski definition) is 2. The summed E-state index contributed by atoms with van der Waals surface area (Å²) in [6.07, 6.45) is 0. The van der Waals surface area contributed by atoms with E-state index in [1.165, 1.54) is 5.56 Å². The van der Waals surface area contributed by atoms with Gasteiger partial charge in [0.05, 0.1) is 27.4 Å². The topological polar surface area (TPSA) is 67.4 Å². The Morgan fingerprint density at radius 1 is 0.931 bits per heavy atom. The lowest BCUT2D eigenvalue weighted by Gasteiger charge is -2.26. The van der Waals surface area contributed by atoms with Gasteiger partial charge in [0.1, 0.15) is 5.75 Å². The Morgan fingerprint density at radius 2 is 1.62 bits per heavy atom. The summed E-state index contributed by atoms with van der Waals surface area (Å²) in [6, 6.07) is 14.2. The van der Waals surface area contributed by atoms with Gasteiger partial charge in [0.25, 0.3) is 0 Å². The maximum absolute atomic E-state index is 5.37. The molecular weight excluding hydrogens is 368 g/mol. The molecule has 2 N–H and O–H groups in total. The molecule has 0 amide bonds. The number of nitrogens with zero attached hydrogens (tertiary/aromatic N) is 2. The number of rotatable bonds is 9. The molecule has 0 saturated heterocycles. The third-order valence-electron chi connectivity index (χ3n) is 4.72. The van der Waals surface area contributed by atoms with Crippen molar-refractivity contribution in [1.29, 1.82) is 0 Å². The number of aliphatic imine (C=N–C) groups is 1. The molecule has 2 rings (SSSR count). The first-order valence-electron chi connectivity index (χ1n) is 9.48. The maximum atomic E-state index is 5.37. The molecule has 0 aliphatic rings. The molecule has 0 aliphatic carbocycles. The normalized spacial score (nSPS) is 12.4. The van der Waals surface area contributed by atoms with Crippen LogP contribution >= 0.6 is 0 Å². The van der Waals surface area contributed by atoms with Gasteiger partial charge in [-0.25, -0.2) is 0 Å². The molecule has 0 aliphatic heterocycles. The van der Waals surface area contributed by atoms with Crippen LogP contribution in [-0.4, -0.2) is 59.9 Å². The Balaban J connectivity index is 1.97. The van der Waals surface area contributed by atoms with Crippen LogP contribution in [0.15, 0.2) is 47.5 Å². The van der Waals surface area contributed by atoms with Crippen LogP contribution < -0.4 is 24.8 Å². The van der Waals surface area contributed by atoms with Crippen LogP contribution in [0.25, 0.3) is 0 Å². The molecule has 2 aromatic rings. The number of hydrogen-bond acceptors (Lipinski definition) is 5. The molecule has 7 nitrogen and oxygen atoms in total. The van der Waals surface area contributed by atoms with E-state index in [1.807, 2.05) is 30.3 Å². The third-order valence-corrected chi connectivity index (χ3v) is 4.72. The summed E-state index contributed by atoms with van der Waals surface area (Å²) in [5, 5.41) is 6.75. The van der Waals surface area contributed by atoms with Gasteiger partial charge in [0.2, 0.25) is 0 Å². The van der Waals surface area contributed by atoms with Crippen LogP contribution in [-0.2, 0) is 6.54 Å². The summed E-state index contributed by atoms with van der Waals surface area (Å²) in [5.41, 5.74) is 2.28. The van der Waals surface area contributed by atoms with Crippen LogP contribution in [0.5, 0.6) is 17.2 Å². The zero-order chi connectivity index (χ0) is 21.2. The van der Waals surface area contributed by atoms with Gasteiger partial charge < -0.3 is 29.7 Å². The zero-order valence-electron chi connectivity index (χ0n) is 18.2. The number of benzene rings is 2. The summed E-state index contributed by atoms with van der Waals surface area (Å²) in [6.45, 7) is 1.33. The summed E-state index contributed by atoms with van der Waals surface area (Å²) >= 11 is 0. The van der Waals surface area contributed by atoms with E-state index in [-0.39, 0.29) is 6.04 Å². The molecule has 1 unspecified atom stereocenters. The van der Waals surface area contributed by atoms with E-state index in [0.717, 1.165) is 17.3 Å². The molecule has 0 fully saturated rings. The van der Waals surface area contributed by atoms with Crippen LogP contribution in [0, 0.1) is 0 Å². The van der Waals surface area contributed by atoms with Crippen LogP contribution in [0.1, 0.15) is 17.2 Å². The van der Waals surface area contributed by atoms with Gasteiger partial charge in [-0.3, -0.25) is 4.99 Å². The first kappa shape index (κ1) is 22.4. The summed E-state index contributed by atoms with van der Waals surface area (Å²) in [7, 11) is 10.8. The third kappa shape index (κ3) is 6.29. The van der Waals surface area contributed by atoms with Gasteiger partial charge in [-0.15, -0.1) is 0 Å². The van der Waals surface area contributed by atoms with Crippen molar-refractivity contribution in [3.63, 3.8) is 0 Å². The molecule has 0 radical (unpaired) electrons. The van der Waals surface area contributed by atoms with E-state index in [0.29, 0.717) is 24.6 Å². The average Bonchev–Trinajstić information content (AvgIpc) is 2.75. The fourth-order valence-electron chi connectivity index (χ4n) is 3.01. The highest BCUT2D eigenvalue weighted by Gasteiger charge is 2.15. The SMILES string of the molecule is CN=C(NCc1ccc(OC)c(OC)c1)NCC(c1ccc(OC)cc1)N(C)C. The molecule has 1 atom stereocenters. The van der Waals surface area contributed by atoms with Crippen molar-refractivity contribution < 1.29 is 14.2 Å². The largest absolute Gasteiger partial charge is 0.497 e. The molecule has 0 heterocycles. The van der Waals surface area contributed by atoms with Gasteiger partial charge in [0, 0.05) is 20.1 Å². The van der Waals surface area contributed by atoms with Crippen molar-refractivity contribution in [1.82, 2.24) is 15.5 Å². The standard InChI is InChI=1S/C22H32N4O3/c1-23-22(24-14-16-7-12-20(28-5)21(13-16)29-6)25-15-19(26(2)3)17-8-10-18(27-4)11-9-17/h7-13,19H,14-15H2,1-6H3,(H2,23,24,25). The van der Waals surface area contributed by atoms with E-state index in [2.05, 4.69) is 46.8 Å². The summed E-state index contributed by atoms with van der Waals surface area (Å²) in [5.74, 6) is 3.01. The summed E-state index contributed by atoms with van der Waals surface area (Å²) in [4.78, 5) is 6.51. The molecule has 0 saturated carbocycles. The van der Waals surface area contributed by atoms with Crippen molar-refractivity contribution in [2.45, 2.75) is 12.6 Å². The molecule has 0 bridgehead atoms. The molecule has 29 heavy (non-hydrogen) atoms. The molecule has 0 spiro atoms. The van der Waals surface area contributed by atoms with E-state index in [1.54, 1.807) is 28.4 Å². The minimum atomic E-state index is 0.195. The molecule has 0 aromatic heterocycles. The smallest absolute Gasteiger partial charge is 0.191 e. The summed E-state index contributed by atoms with van der Waals surface area (Å²) < 4.78 is 15.9. The number of ether oxygens (including phenoxy) is 3. The molecule has 2 aromatic carbocycles. The lowest BCUT2D eigenvalue weighted by Crippen LogP contribution is -2.41. The van der Waals surface area contributed by atoms with Crippen LogP contribution in [0.2, 0.25) is 0 Å². The van der Waals surface area contributed by atoms with Crippen LogP contribution in [0.4, 0.5) is 0 Å². The van der Waals surface area contributed by atoms with Crippen LogP contribution in [0.3, 0.4) is 0 Å². The van der Waals surface area contributed by atoms with Gasteiger partial charge in [-0.2, -0.15) is 0 Å². The fourth-order valence-corrected chi connectivity index (χ4v) is 3.01. The Hall–Kier alpha value is -2.93. The fraction of sp³-hybridized carbons (Fsp3) is 0.409. The Labute approximate surface area is 173 Å². The highest BCUT2D eigenvalue weighted by Crippen LogP contribution is 2.27. The Morgan fingerprint density at radius 3 is 2.17 bits per heavy atom. The zero-order valence-corrected chi connectivity index (χ0v) is 18.2. The minimum absolute atomic E-state index is 0.195.